The van der Waals surface area contributed by atoms with Crippen molar-refractivity contribution in [3.05, 3.63) is 95.7 Å². The molecule has 2 amide bonds. The number of hydrogen-bond acceptors (Lipinski definition) is 4. The molecule has 1 aromatic heterocycles. The Labute approximate surface area is 209 Å². The molecule has 5 rings (SSSR count). The zero-order chi connectivity index (χ0) is 25.3. The van der Waals surface area contributed by atoms with Crippen molar-refractivity contribution in [1.29, 1.82) is 0 Å². The third-order valence-electron chi connectivity index (χ3n) is 6.76. The van der Waals surface area contributed by atoms with Gasteiger partial charge in [0.25, 0.3) is 0 Å². The van der Waals surface area contributed by atoms with Crippen molar-refractivity contribution in [3.63, 3.8) is 0 Å². The van der Waals surface area contributed by atoms with E-state index in [9.17, 15) is 14.7 Å². The zero-order valence-electron chi connectivity index (χ0n) is 20.1. The third kappa shape index (κ3) is 4.45. The number of carbonyl (C=O) groups is 2. The second-order valence-corrected chi connectivity index (χ2v) is 9.18. The second kappa shape index (κ2) is 9.30. The molecule has 1 aliphatic carbocycles. The van der Waals surface area contributed by atoms with Crippen molar-refractivity contribution in [2.24, 2.45) is 0 Å². The van der Waals surface area contributed by atoms with Crippen LogP contribution in [0.15, 0.2) is 78.9 Å². The average Bonchev–Trinajstić information content (AvgIpc) is 3.64. The van der Waals surface area contributed by atoms with Gasteiger partial charge in [-0.05, 0) is 61.1 Å². The van der Waals surface area contributed by atoms with Crippen LogP contribution in [0.2, 0.25) is 0 Å². The molecule has 0 radical (unpaired) electrons. The van der Waals surface area contributed by atoms with Crippen LogP contribution >= 0.6 is 0 Å². The summed E-state index contributed by atoms with van der Waals surface area (Å²) in [6.45, 7) is 3.72. The highest BCUT2D eigenvalue weighted by Crippen LogP contribution is 2.48. The number of rotatable bonds is 7. The molecule has 1 heterocycles. The molecule has 1 saturated carbocycles. The number of benzene rings is 3. The Bertz CT molecular complexity index is 1390. The standard InChI is InChI=1S/C28H27N5O3/c1-18(20-6-4-3-5-7-20)29-27(36)30-25-19(2)31-32-33(25)24-14-10-22(11-15-24)21-8-12-23(13-9-21)28(16-17-28)26(34)35/h3-15,18H,16-17H2,1-2H3,(H,34,35)(H2,29,30,36)/t18-/m1/s1. The molecule has 0 unspecified atom stereocenters. The van der Waals surface area contributed by atoms with E-state index in [1.807, 2.05) is 85.8 Å². The Morgan fingerprint density at radius 1 is 0.944 bits per heavy atom. The van der Waals surface area contributed by atoms with E-state index >= 15 is 0 Å². The van der Waals surface area contributed by atoms with E-state index in [4.69, 9.17) is 0 Å². The molecule has 4 aromatic rings. The van der Waals surface area contributed by atoms with Crippen LogP contribution in [0.5, 0.6) is 0 Å². The van der Waals surface area contributed by atoms with Crippen LogP contribution in [0.25, 0.3) is 16.8 Å². The zero-order valence-corrected chi connectivity index (χ0v) is 20.1. The van der Waals surface area contributed by atoms with Crippen molar-refractivity contribution in [2.75, 3.05) is 5.32 Å². The smallest absolute Gasteiger partial charge is 0.320 e. The number of amides is 2. The lowest BCUT2D eigenvalue weighted by Gasteiger charge is -2.16. The van der Waals surface area contributed by atoms with Crippen LogP contribution in [0.1, 0.15) is 42.6 Å². The monoisotopic (exact) mass is 481 g/mol. The number of carboxylic acid groups (broad SMARTS) is 1. The first kappa shape index (κ1) is 23.3. The molecular formula is C28H27N5O3. The second-order valence-electron chi connectivity index (χ2n) is 9.18. The highest BCUT2D eigenvalue weighted by atomic mass is 16.4. The predicted octanol–water partition coefficient (Wildman–Crippen LogP) is 5.24. The number of nitrogens with zero attached hydrogens (tertiary/aromatic N) is 3. The lowest BCUT2D eigenvalue weighted by molar-refractivity contribution is -0.140. The maximum atomic E-state index is 12.7. The van der Waals surface area contributed by atoms with Crippen LogP contribution in [0.3, 0.4) is 0 Å². The lowest BCUT2D eigenvalue weighted by Crippen LogP contribution is -2.32. The molecule has 8 heteroatoms. The summed E-state index contributed by atoms with van der Waals surface area (Å²) in [6, 6.07) is 24.7. The number of aryl methyl sites for hydroxylation is 1. The number of aromatic nitrogens is 3. The SMILES string of the molecule is Cc1nnn(-c2ccc(-c3ccc(C4(C(=O)O)CC4)cc3)cc2)c1NC(=O)N[C@H](C)c1ccccc1. The highest BCUT2D eigenvalue weighted by molar-refractivity contribution is 5.89. The predicted molar refractivity (Wildman–Crippen MR) is 137 cm³/mol. The Kier molecular flexibility index (Phi) is 6.01. The molecule has 0 spiro atoms. The van der Waals surface area contributed by atoms with E-state index in [0.717, 1.165) is 27.9 Å². The molecular weight excluding hydrogens is 454 g/mol. The van der Waals surface area contributed by atoms with Crippen molar-refractivity contribution in [1.82, 2.24) is 20.3 Å². The number of carboxylic acids is 1. The summed E-state index contributed by atoms with van der Waals surface area (Å²) in [5.41, 5.74) is 4.50. The summed E-state index contributed by atoms with van der Waals surface area (Å²) in [6.07, 6.45) is 1.38. The van der Waals surface area contributed by atoms with E-state index in [1.165, 1.54) is 0 Å². The van der Waals surface area contributed by atoms with Gasteiger partial charge in [-0.25, -0.2) is 4.79 Å². The van der Waals surface area contributed by atoms with Gasteiger partial charge >= 0.3 is 12.0 Å². The summed E-state index contributed by atoms with van der Waals surface area (Å²) >= 11 is 0. The molecule has 1 fully saturated rings. The summed E-state index contributed by atoms with van der Waals surface area (Å²) in [5, 5.41) is 23.7. The minimum Gasteiger partial charge on any atom is -0.481 e. The molecule has 0 saturated heterocycles. The first-order valence-corrected chi connectivity index (χ1v) is 11.9. The fourth-order valence-electron chi connectivity index (χ4n) is 4.37. The van der Waals surface area contributed by atoms with Gasteiger partial charge in [0.15, 0.2) is 5.82 Å². The normalized spacial score (nSPS) is 14.6. The third-order valence-corrected chi connectivity index (χ3v) is 6.76. The fourth-order valence-corrected chi connectivity index (χ4v) is 4.37. The molecule has 0 bridgehead atoms. The lowest BCUT2D eigenvalue weighted by atomic mass is 9.94. The van der Waals surface area contributed by atoms with Crippen molar-refractivity contribution < 1.29 is 14.7 Å². The van der Waals surface area contributed by atoms with Gasteiger partial charge < -0.3 is 10.4 Å². The van der Waals surface area contributed by atoms with Gasteiger partial charge in [-0.2, -0.15) is 4.68 Å². The van der Waals surface area contributed by atoms with Crippen molar-refractivity contribution >= 4 is 17.8 Å². The first-order chi connectivity index (χ1) is 17.4. The van der Waals surface area contributed by atoms with E-state index < -0.39 is 11.4 Å². The van der Waals surface area contributed by atoms with Crippen molar-refractivity contribution in [3.8, 4) is 16.8 Å². The Balaban J connectivity index is 1.30. The van der Waals surface area contributed by atoms with Crippen LogP contribution in [-0.4, -0.2) is 32.1 Å². The summed E-state index contributed by atoms with van der Waals surface area (Å²) in [7, 11) is 0. The maximum absolute atomic E-state index is 12.7. The average molecular weight is 482 g/mol. The van der Waals surface area contributed by atoms with Gasteiger partial charge in [-0.1, -0.05) is 71.9 Å². The number of hydrogen-bond donors (Lipinski definition) is 3. The van der Waals surface area contributed by atoms with E-state index in [-0.39, 0.29) is 12.1 Å². The quantitative estimate of drug-likeness (QED) is 0.334. The fraction of sp³-hybridized carbons (Fsp3) is 0.214. The van der Waals surface area contributed by atoms with Gasteiger partial charge in [0.1, 0.15) is 5.69 Å². The number of nitrogens with one attached hydrogen (secondary N) is 2. The summed E-state index contributed by atoms with van der Waals surface area (Å²) < 4.78 is 1.60. The van der Waals surface area contributed by atoms with Crippen LogP contribution in [0.4, 0.5) is 10.6 Å². The minimum absolute atomic E-state index is 0.160. The molecule has 3 aromatic carbocycles. The topological polar surface area (TPSA) is 109 Å². The highest BCUT2D eigenvalue weighted by Gasteiger charge is 2.51. The van der Waals surface area contributed by atoms with Crippen LogP contribution in [0, 0.1) is 6.92 Å². The van der Waals surface area contributed by atoms with E-state index in [0.29, 0.717) is 24.4 Å². The van der Waals surface area contributed by atoms with Gasteiger partial charge in [-0.15, -0.1) is 5.10 Å². The molecule has 1 aliphatic rings. The minimum atomic E-state index is -0.754. The van der Waals surface area contributed by atoms with Crippen molar-refractivity contribution in [2.45, 2.75) is 38.1 Å². The molecule has 1 atom stereocenters. The van der Waals surface area contributed by atoms with Crippen LogP contribution in [-0.2, 0) is 10.2 Å². The first-order valence-electron chi connectivity index (χ1n) is 11.9. The molecule has 182 valence electrons. The Morgan fingerprint density at radius 3 is 2.14 bits per heavy atom. The maximum Gasteiger partial charge on any atom is 0.320 e. The number of urea groups is 1. The molecule has 8 nitrogen and oxygen atoms in total. The van der Waals surface area contributed by atoms with Gasteiger partial charge in [0.2, 0.25) is 0 Å². The Morgan fingerprint density at radius 2 is 1.56 bits per heavy atom. The number of aliphatic carboxylic acids is 1. The van der Waals surface area contributed by atoms with Crippen LogP contribution < -0.4 is 10.6 Å². The molecule has 3 N–H and O–H groups in total. The van der Waals surface area contributed by atoms with Gasteiger partial charge in [0, 0.05) is 0 Å². The van der Waals surface area contributed by atoms with Gasteiger partial charge in [-0.3, -0.25) is 10.1 Å². The molecule has 0 aliphatic heterocycles. The van der Waals surface area contributed by atoms with E-state index in [1.54, 1.807) is 11.6 Å². The number of carbonyl (C=O) groups excluding carboxylic acids is 1. The summed E-state index contributed by atoms with van der Waals surface area (Å²) in [4.78, 5) is 24.3. The largest absolute Gasteiger partial charge is 0.481 e. The molecule has 36 heavy (non-hydrogen) atoms. The van der Waals surface area contributed by atoms with Gasteiger partial charge in [0.05, 0.1) is 17.1 Å². The summed E-state index contributed by atoms with van der Waals surface area (Å²) in [5.74, 6) is -0.261. The Hall–Kier alpha value is -4.46. The number of anilines is 1. The van der Waals surface area contributed by atoms with E-state index in [2.05, 4.69) is 20.9 Å².